The summed E-state index contributed by atoms with van der Waals surface area (Å²) in [5, 5.41) is 8.81. The summed E-state index contributed by atoms with van der Waals surface area (Å²) in [6.07, 6.45) is 7.81. The van der Waals surface area contributed by atoms with E-state index in [1.807, 2.05) is 6.07 Å². The molecule has 1 N–H and O–H groups in total. The fourth-order valence-electron chi connectivity index (χ4n) is 3.67. The van der Waals surface area contributed by atoms with Crippen molar-refractivity contribution in [1.82, 2.24) is 34.7 Å². The standard InChI is InChI=1S/C21H19ClN8O4S/c1-33-20-18-15(4-7-24-20)19-27-28-21(30(19)16(12-34-18)13-3-2-6-23-9-13)29-35(31,32)8-5-17-25-10-14(22)11-26-17/h2-4,6-7,9-11,16H,5,8,12H2,1H3,(H,28,29)/t16-/m0/s1. The maximum absolute atomic E-state index is 13.0. The van der Waals surface area contributed by atoms with E-state index in [4.69, 9.17) is 21.1 Å². The van der Waals surface area contributed by atoms with Crippen LogP contribution in [0.4, 0.5) is 5.95 Å². The number of anilines is 1. The van der Waals surface area contributed by atoms with Crippen molar-refractivity contribution in [2.45, 2.75) is 12.5 Å². The Balaban J connectivity index is 1.52. The molecule has 14 heteroatoms. The van der Waals surface area contributed by atoms with Crippen LogP contribution in [0.1, 0.15) is 17.4 Å². The van der Waals surface area contributed by atoms with Crippen LogP contribution in [-0.4, -0.2) is 62.6 Å². The minimum atomic E-state index is -3.83. The molecule has 12 nitrogen and oxygen atoms in total. The highest BCUT2D eigenvalue weighted by molar-refractivity contribution is 7.92. The number of sulfonamides is 1. The summed E-state index contributed by atoms with van der Waals surface area (Å²) in [6, 6.07) is 4.88. The first-order valence-corrected chi connectivity index (χ1v) is 12.5. The Bertz CT molecular complexity index is 1450. The second-order valence-electron chi connectivity index (χ2n) is 7.52. The van der Waals surface area contributed by atoms with Crippen molar-refractivity contribution < 1.29 is 17.9 Å². The average Bonchev–Trinajstić information content (AvgIpc) is 3.18. The molecule has 4 aromatic rings. The molecule has 0 bridgehead atoms. The van der Waals surface area contributed by atoms with E-state index >= 15 is 0 Å². The molecule has 1 aliphatic rings. The number of pyridine rings is 2. The van der Waals surface area contributed by atoms with Crippen LogP contribution in [-0.2, 0) is 16.4 Å². The van der Waals surface area contributed by atoms with Gasteiger partial charge in [0, 0.05) is 37.4 Å². The van der Waals surface area contributed by atoms with E-state index in [0.29, 0.717) is 28.0 Å². The van der Waals surface area contributed by atoms with Gasteiger partial charge in [0.25, 0.3) is 5.88 Å². The topological polar surface area (TPSA) is 147 Å². The first-order chi connectivity index (χ1) is 16.9. The lowest BCUT2D eigenvalue weighted by atomic mass is 10.1. The number of nitrogens with one attached hydrogen (secondary N) is 1. The molecule has 4 aromatic heterocycles. The van der Waals surface area contributed by atoms with Crippen molar-refractivity contribution in [3.05, 3.63) is 65.6 Å². The lowest BCUT2D eigenvalue weighted by molar-refractivity contribution is 0.262. The van der Waals surface area contributed by atoms with Crippen LogP contribution in [0.25, 0.3) is 11.4 Å². The second-order valence-corrected chi connectivity index (χ2v) is 9.79. The lowest BCUT2D eigenvalue weighted by Crippen LogP contribution is -2.24. The smallest absolute Gasteiger partial charge is 0.257 e. The fraction of sp³-hybridized carbons (Fsp3) is 0.238. The molecule has 0 aromatic carbocycles. The number of hydrogen-bond acceptors (Lipinski definition) is 10. The van der Waals surface area contributed by atoms with E-state index in [1.54, 1.807) is 35.3 Å². The summed E-state index contributed by atoms with van der Waals surface area (Å²) >= 11 is 5.80. The van der Waals surface area contributed by atoms with Gasteiger partial charge in [-0.1, -0.05) is 17.7 Å². The zero-order chi connectivity index (χ0) is 24.4. The van der Waals surface area contributed by atoms with Gasteiger partial charge in [0.15, 0.2) is 11.6 Å². The zero-order valence-electron chi connectivity index (χ0n) is 18.4. The van der Waals surface area contributed by atoms with Gasteiger partial charge in [-0.05, 0) is 17.7 Å². The third-order valence-corrected chi connectivity index (χ3v) is 6.71. The Hall–Kier alpha value is -3.84. The van der Waals surface area contributed by atoms with Gasteiger partial charge >= 0.3 is 0 Å². The molecule has 0 saturated heterocycles. The normalized spacial score (nSPS) is 14.9. The number of methoxy groups -OCH3 is 1. The number of hydrogen-bond donors (Lipinski definition) is 1. The summed E-state index contributed by atoms with van der Waals surface area (Å²) in [6.45, 7) is 0.138. The molecule has 0 aliphatic carbocycles. The Morgan fingerprint density at radius 2 is 2.00 bits per heavy atom. The number of rotatable bonds is 7. The summed E-state index contributed by atoms with van der Waals surface area (Å²) < 4.78 is 41.6. The quantitative estimate of drug-likeness (QED) is 0.389. The van der Waals surface area contributed by atoms with Gasteiger partial charge in [-0.25, -0.2) is 23.4 Å². The first kappa shape index (κ1) is 22.9. The largest absolute Gasteiger partial charge is 0.485 e. The van der Waals surface area contributed by atoms with Gasteiger partial charge in [0.05, 0.1) is 29.5 Å². The minimum Gasteiger partial charge on any atom is -0.485 e. The molecule has 0 radical (unpaired) electrons. The third-order valence-electron chi connectivity index (χ3n) is 5.28. The van der Waals surface area contributed by atoms with Crippen molar-refractivity contribution in [3.8, 4) is 23.0 Å². The summed E-state index contributed by atoms with van der Waals surface area (Å²) in [7, 11) is -2.34. The van der Waals surface area contributed by atoms with Crippen LogP contribution in [0.3, 0.4) is 0 Å². The van der Waals surface area contributed by atoms with Crippen molar-refractivity contribution in [2.75, 3.05) is 24.2 Å². The van der Waals surface area contributed by atoms with Gasteiger partial charge in [-0.15, -0.1) is 10.2 Å². The van der Waals surface area contributed by atoms with Gasteiger partial charge in [-0.3, -0.25) is 14.3 Å². The third kappa shape index (κ3) is 4.72. The number of aryl methyl sites for hydroxylation is 1. The van der Waals surface area contributed by atoms with Crippen molar-refractivity contribution in [1.29, 1.82) is 0 Å². The summed E-state index contributed by atoms with van der Waals surface area (Å²) in [5.41, 5.74) is 1.35. The molecule has 5 rings (SSSR count). The maximum Gasteiger partial charge on any atom is 0.257 e. The molecular weight excluding hydrogens is 496 g/mol. The van der Waals surface area contributed by atoms with E-state index in [0.717, 1.165) is 5.56 Å². The van der Waals surface area contributed by atoms with Crippen molar-refractivity contribution in [3.63, 3.8) is 0 Å². The average molecular weight is 515 g/mol. The second kappa shape index (κ2) is 9.43. The molecular formula is C21H19ClN8O4S. The number of aromatic nitrogens is 7. The van der Waals surface area contributed by atoms with E-state index < -0.39 is 16.1 Å². The number of halogens is 1. The number of nitrogens with zero attached hydrogens (tertiary/aromatic N) is 7. The lowest BCUT2D eigenvalue weighted by Gasteiger charge is -2.20. The fourth-order valence-corrected chi connectivity index (χ4v) is 4.74. The zero-order valence-corrected chi connectivity index (χ0v) is 19.9. The predicted octanol–water partition coefficient (Wildman–Crippen LogP) is 2.15. The molecule has 5 heterocycles. The number of fused-ring (bicyclic) bond motifs is 3. The number of ether oxygens (including phenoxy) is 2. The SMILES string of the molecule is COc1nccc2c1OC[C@@H](c1cccnc1)n1c(NS(=O)(=O)CCc3ncc(Cl)cn3)nnc1-2. The molecule has 0 fully saturated rings. The molecule has 0 amide bonds. The van der Waals surface area contributed by atoms with Gasteiger partial charge in [0.2, 0.25) is 16.0 Å². The van der Waals surface area contributed by atoms with E-state index in [-0.39, 0.29) is 30.6 Å². The molecule has 0 spiro atoms. The molecule has 1 aliphatic heterocycles. The Morgan fingerprint density at radius 1 is 1.17 bits per heavy atom. The van der Waals surface area contributed by atoms with E-state index in [2.05, 4.69) is 34.9 Å². The molecule has 1 atom stereocenters. The molecule has 0 unspecified atom stereocenters. The van der Waals surface area contributed by atoms with E-state index in [9.17, 15) is 8.42 Å². The van der Waals surface area contributed by atoms with Gasteiger partial charge < -0.3 is 9.47 Å². The van der Waals surface area contributed by atoms with Crippen molar-refractivity contribution in [2.24, 2.45) is 0 Å². The van der Waals surface area contributed by atoms with Gasteiger partial charge in [0.1, 0.15) is 12.4 Å². The van der Waals surface area contributed by atoms with Crippen LogP contribution >= 0.6 is 11.6 Å². The van der Waals surface area contributed by atoms with Crippen LogP contribution in [0.15, 0.2) is 49.2 Å². The molecule has 0 saturated carbocycles. The maximum atomic E-state index is 13.0. The highest BCUT2D eigenvalue weighted by Gasteiger charge is 2.32. The van der Waals surface area contributed by atoms with Crippen LogP contribution in [0.5, 0.6) is 11.6 Å². The Labute approximate surface area is 205 Å². The summed E-state index contributed by atoms with van der Waals surface area (Å²) in [5.74, 6) is 1.20. The van der Waals surface area contributed by atoms with E-state index in [1.165, 1.54) is 19.5 Å². The van der Waals surface area contributed by atoms with Gasteiger partial charge in [-0.2, -0.15) is 0 Å². The molecule has 35 heavy (non-hydrogen) atoms. The van der Waals surface area contributed by atoms with Crippen LogP contribution in [0.2, 0.25) is 5.02 Å². The minimum absolute atomic E-state index is 0.0399. The molecule has 180 valence electrons. The van der Waals surface area contributed by atoms with Crippen LogP contribution in [0, 0.1) is 0 Å². The predicted molar refractivity (Wildman–Crippen MR) is 126 cm³/mol. The van der Waals surface area contributed by atoms with Crippen molar-refractivity contribution >= 4 is 27.6 Å². The monoisotopic (exact) mass is 514 g/mol. The Kier molecular flexibility index (Phi) is 6.17. The first-order valence-electron chi connectivity index (χ1n) is 10.4. The Morgan fingerprint density at radius 3 is 2.74 bits per heavy atom. The highest BCUT2D eigenvalue weighted by Crippen LogP contribution is 2.41. The van der Waals surface area contributed by atoms with Crippen LogP contribution < -0.4 is 14.2 Å². The summed E-state index contributed by atoms with van der Waals surface area (Å²) in [4.78, 5) is 16.5. The highest BCUT2D eigenvalue weighted by atomic mass is 35.5.